The van der Waals surface area contributed by atoms with Crippen LogP contribution in [0.3, 0.4) is 0 Å². The number of thiocarbonyl (C=S) groups is 1. The van der Waals surface area contributed by atoms with E-state index in [9.17, 15) is 13.2 Å². The summed E-state index contributed by atoms with van der Waals surface area (Å²) >= 11 is 6.69. The van der Waals surface area contributed by atoms with Gasteiger partial charge in [0, 0.05) is 17.3 Å². The fourth-order valence-electron chi connectivity index (χ4n) is 4.32. The van der Waals surface area contributed by atoms with Crippen molar-refractivity contribution in [3.8, 4) is 22.7 Å². The van der Waals surface area contributed by atoms with E-state index < -0.39 is 15.9 Å². The Hall–Kier alpha value is -2.95. The van der Waals surface area contributed by atoms with Crippen LogP contribution in [0.5, 0.6) is 5.75 Å². The van der Waals surface area contributed by atoms with Gasteiger partial charge in [-0.3, -0.25) is 9.69 Å². The van der Waals surface area contributed by atoms with Gasteiger partial charge in [-0.25, -0.2) is 13.1 Å². The molecule has 5 rings (SSSR count). The van der Waals surface area contributed by atoms with E-state index in [1.807, 2.05) is 60.8 Å². The molecule has 37 heavy (non-hydrogen) atoms. The van der Waals surface area contributed by atoms with E-state index in [0.717, 1.165) is 22.6 Å². The van der Waals surface area contributed by atoms with Crippen LogP contribution in [0.2, 0.25) is 0 Å². The standard InChI is InChI=1S/C27H27N3O4S3/c1-18(2)16-34-23-10-8-19(9-11-23)25-20(15-29(28-25)21-6-4-3-5-7-21)14-24-26(31)30(27(35)36-24)22-12-13-37(32,33)17-22/h3-11,14-15,18,22H,12-13,16-17H2,1-2H3/b24-14+/t22-/m0/s1. The molecule has 7 nitrogen and oxygen atoms in total. The maximum absolute atomic E-state index is 13.3. The molecule has 0 aliphatic carbocycles. The number of hydrogen-bond acceptors (Lipinski definition) is 7. The number of carbonyl (C=O) groups excluding carboxylic acids is 1. The molecule has 0 saturated carbocycles. The molecule has 0 bridgehead atoms. The van der Waals surface area contributed by atoms with E-state index >= 15 is 0 Å². The van der Waals surface area contributed by atoms with E-state index in [2.05, 4.69) is 13.8 Å². The summed E-state index contributed by atoms with van der Waals surface area (Å²) in [4.78, 5) is 15.3. The van der Waals surface area contributed by atoms with Crippen LogP contribution in [0.25, 0.3) is 23.0 Å². The Balaban J connectivity index is 1.49. The minimum Gasteiger partial charge on any atom is -0.493 e. The van der Waals surface area contributed by atoms with Gasteiger partial charge in [0.15, 0.2) is 9.84 Å². The average Bonchev–Trinajstić information content (AvgIpc) is 3.53. The van der Waals surface area contributed by atoms with Crippen molar-refractivity contribution in [2.24, 2.45) is 5.92 Å². The largest absolute Gasteiger partial charge is 0.493 e. The number of aromatic nitrogens is 2. The van der Waals surface area contributed by atoms with Crippen molar-refractivity contribution in [2.45, 2.75) is 26.3 Å². The van der Waals surface area contributed by atoms with Crippen LogP contribution in [0.1, 0.15) is 25.8 Å². The molecule has 3 heterocycles. The predicted octanol–water partition coefficient (Wildman–Crippen LogP) is 4.96. The first-order chi connectivity index (χ1) is 17.7. The number of ether oxygens (including phenoxy) is 1. The van der Waals surface area contributed by atoms with Gasteiger partial charge in [-0.2, -0.15) is 5.10 Å². The molecule has 2 fully saturated rings. The van der Waals surface area contributed by atoms with E-state index in [4.69, 9.17) is 22.1 Å². The molecule has 1 amide bonds. The highest BCUT2D eigenvalue weighted by atomic mass is 32.2. The van der Waals surface area contributed by atoms with Crippen molar-refractivity contribution in [3.05, 3.63) is 71.3 Å². The predicted molar refractivity (Wildman–Crippen MR) is 151 cm³/mol. The third kappa shape index (κ3) is 5.66. The quantitative estimate of drug-likeness (QED) is 0.302. The first-order valence-corrected chi connectivity index (χ1v) is 15.1. The number of sulfone groups is 1. The highest BCUT2D eigenvalue weighted by molar-refractivity contribution is 8.26. The topological polar surface area (TPSA) is 81.5 Å². The second-order valence-corrected chi connectivity index (χ2v) is 13.5. The highest BCUT2D eigenvalue weighted by Gasteiger charge is 2.42. The highest BCUT2D eigenvalue weighted by Crippen LogP contribution is 2.38. The molecule has 1 aromatic heterocycles. The summed E-state index contributed by atoms with van der Waals surface area (Å²) in [7, 11) is -3.14. The maximum Gasteiger partial charge on any atom is 0.266 e. The summed E-state index contributed by atoms with van der Waals surface area (Å²) in [6.07, 6.45) is 4.10. The molecule has 0 N–H and O–H groups in total. The average molecular weight is 554 g/mol. The molecule has 192 valence electrons. The fourth-order valence-corrected chi connectivity index (χ4v) is 7.41. The Bertz CT molecular complexity index is 1460. The molecular formula is C27H27N3O4S3. The number of hydrogen-bond donors (Lipinski definition) is 0. The SMILES string of the molecule is CC(C)COc1ccc(-c2nn(-c3ccccc3)cc2/C=C2/SC(=S)N([C@H]3CCS(=O)(=O)C3)C2=O)cc1. The summed E-state index contributed by atoms with van der Waals surface area (Å²) in [5.74, 6) is 0.992. The van der Waals surface area contributed by atoms with E-state index in [1.165, 1.54) is 16.7 Å². The van der Waals surface area contributed by atoms with Gasteiger partial charge in [0.2, 0.25) is 0 Å². The van der Waals surface area contributed by atoms with Gasteiger partial charge in [-0.15, -0.1) is 0 Å². The normalized spacial score (nSPS) is 20.4. The number of para-hydroxylation sites is 1. The molecule has 2 aliphatic rings. The van der Waals surface area contributed by atoms with E-state index in [0.29, 0.717) is 33.9 Å². The maximum atomic E-state index is 13.3. The number of thioether (sulfide) groups is 1. The Kier molecular flexibility index (Phi) is 7.24. The van der Waals surface area contributed by atoms with Crippen molar-refractivity contribution < 1.29 is 17.9 Å². The molecule has 2 aliphatic heterocycles. The van der Waals surface area contributed by atoms with Gasteiger partial charge in [-0.1, -0.05) is 56.0 Å². The molecule has 2 aromatic carbocycles. The van der Waals surface area contributed by atoms with E-state index in [1.54, 1.807) is 10.8 Å². The third-order valence-corrected chi connectivity index (χ3v) is 9.24. The first-order valence-electron chi connectivity index (χ1n) is 12.1. The second-order valence-electron chi connectivity index (χ2n) is 9.55. The summed E-state index contributed by atoms with van der Waals surface area (Å²) in [5.41, 5.74) is 3.26. The van der Waals surface area contributed by atoms with Gasteiger partial charge in [0.25, 0.3) is 5.91 Å². The second kappa shape index (κ2) is 10.4. The minimum atomic E-state index is -3.14. The number of amides is 1. The van der Waals surface area contributed by atoms with Gasteiger partial charge in [-0.05, 0) is 54.8 Å². The lowest BCUT2D eigenvalue weighted by molar-refractivity contribution is -0.123. The van der Waals surface area contributed by atoms with Crippen LogP contribution in [-0.2, 0) is 14.6 Å². The van der Waals surface area contributed by atoms with Crippen molar-refractivity contribution in [2.75, 3.05) is 18.1 Å². The lowest BCUT2D eigenvalue weighted by Gasteiger charge is -2.20. The Morgan fingerprint density at radius 3 is 2.54 bits per heavy atom. The lowest BCUT2D eigenvalue weighted by Crippen LogP contribution is -2.39. The van der Waals surface area contributed by atoms with Gasteiger partial charge >= 0.3 is 0 Å². The summed E-state index contributed by atoms with van der Waals surface area (Å²) in [6.45, 7) is 4.84. The molecule has 0 spiro atoms. The molecule has 0 radical (unpaired) electrons. The summed E-state index contributed by atoms with van der Waals surface area (Å²) in [5, 5.41) is 4.84. The first kappa shape index (κ1) is 25.7. The third-order valence-electron chi connectivity index (χ3n) is 6.16. The Morgan fingerprint density at radius 2 is 1.89 bits per heavy atom. The van der Waals surface area contributed by atoms with Crippen molar-refractivity contribution in [1.29, 1.82) is 0 Å². The van der Waals surface area contributed by atoms with Crippen LogP contribution in [0.15, 0.2) is 65.7 Å². The molecule has 3 aromatic rings. The summed E-state index contributed by atoms with van der Waals surface area (Å²) in [6, 6.07) is 17.1. The van der Waals surface area contributed by atoms with Crippen LogP contribution >= 0.6 is 24.0 Å². The molecule has 0 unspecified atom stereocenters. The number of carbonyl (C=O) groups is 1. The van der Waals surface area contributed by atoms with Gasteiger partial charge < -0.3 is 4.74 Å². The Labute approximate surface area is 226 Å². The van der Waals surface area contributed by atoms with Crippen molar-refractivity contribution in [3.63, 3.8) is 0 Å². The number of benzene rings is 2. The molecule has 10 heteroatoms. The van der Waals surface area contributed by atoms with Gasteiger partial charge in [0.05, 0.1) is 40.4 Å². The van der Waals surface area contributed by atoms with Crippen LogP contribution in [0.4, 0.5) is 0 Å². The van der Waals surface area contributed by atoms with Crippen LogP contribution in [0, 0.1) is 5.92 Å². The van der Waals surface area contributed by atoms with Crippen LogP contribution in [-0.4, -0.2) is 57.5 Å². The Morgan fingerprint density at radius 1 is 1.16 bits per heavy atom. The number of nitrogens with zero attached hydrogens (tertiary/aromatic N) is 3. The molecule has 1 atom stereocenters. The smallest absolute Gasteiger partial charge is 0.266 e. The monoisotopic (exact) mass is 553 g/mol. The zero-order valence-electron chi connectivity index (χ0n) is 20.5. The van der Waals surface area contributed by atoms with Gasteiger partial charge in [0.1, 0.15) is 10.1 Å². The fraction of sp³-hybridized carbons (Fsp3) is 0.296. The molecule has 2 saturated heterocycles. The van der Waals surface area contributed by atoms with Crippen molar-refractivity contribution >= 4 is 50.1 Å². The van der Waals surface area contributed by atoms with E-state index in [-0.39, 0.29) is 17.4 Å². The number of rotatable bonds is 7. The van der Waals surface area contributed by atoms with Crippen molar-refractivity contribution in [1.82, 2.24) is 14.7 Å². The lowest BCUT2D eigenvalue weighted by atomic mass is 10.1. The zero-order chi connectivity index (χ0) is 26.2. The zero-order valence-corrected chi connectivity index (χ0v) is 23.0. The minimum absolute atomic E-state index is 0.0465. The summed E-state index contributed by atoms with van der Waals surface area (Å²) < 4.78 is 32.0. The molecular weight excluding hydrogens is 527 g/mol. The van der Waals surface area contributed by atoms with Crippen LogP contribution < -0.4 is 4.74 Å².